The van der Waals surface area contributed by atoms with Crippen LogP contribution in [0.5, 0.6) is 5.75 Å². The van der Waals surface area contributed by atoms with E-state index in [2.05, 4.69) is 24.1 Å². The zero-order valence-electron chi connectivity index (χ0n) is 18.1. The highest BCUT2D eigenvalue weighted by molar-refractivity contribution is 7.09. The van der Waals surface area contributed by atoms with E-state index in [4.69, 9.17) is 9.72 Å². The van der Waals surface area contributed by atoms with Crippen molar-refractivity contribution < 1.29 is 9.53 Å². The zero-order valence-corrected chi connectivity index (χ0v) is 19.8. The van der Waals surface area contributed by atoms with Crippen molar-refractivity contribution in [2.24, 2.45) is 0 Å². The highest BCUT2D eigenvalue weighted by Crippen LogP contribution is 2.25. The van der Waals surface area contributed by atoms with Crippen LogP contribution >= 0.6 is 23.7 Å². The number of nitrogens with zero attached hydrogens (tertiary/aromatic N) is 3. The maximum Gasteiger partial charge on any atom is 0.253 e. The van der Waals surface area contributed by atoms with Crippen LogP contribution in [0.3, 0.4) is 0 Å². The van der Waals surface area contributed by atoms with Gasteiger partial charge in [0, 0.05) is 42.7 Å². The molecule has 5 nitrogen and oxygen atoms in total. The molecule has 164 valence electrons. The molecule has 0 radical (unpaired) electrons. The summed E-state index contributed by atoms with van der Waals surface area (Å²) in [6, 6.07) is 14.0. The molecule has 0 atom stereocenters. The second-order valence-corrected chi connectivity index (χ2v) is 8.67. The van der Waals surface area contributed by atoms with Gasteiger partial charge < -0.3 is 9.64 Å². The molecular formula is C24H28ClN3O2S. The quantitative estimate of drug-likeness (QED) is 0.551. The summed E-state index contributed by atoms with van der Waals surface area (Å²) in [7, 11) is 1.67. The fraction of sp³-hybridized carbons (Fsp3) is 0.333. The summed E-state index contributed by atoms with van der Waals surface area (Å²) in [6.07, 6.45) is 0. The minimum atomic E-state index is 0. The van der Waals surface area contributed by atoms with Crippen molar-refractivity contribution in [1.82, 2.24) is 14.8 Å². The van der Waals surface area contributed by atoms with Crippen LogP contribution in [-0.4, -0.2) is 54.0 Å². The van der Waals surface area contributed by atoms with Gasteiger partial charge in [-0.3, -0.25) is 9.69 Å². The minimum absolute atomic E-state index is 0. The number of methoxy groups -OCH3 is 1. The maximum atomic E-state index is 12.8. The van der Waals surface area contributed by atoms with Crippen LogP contribution in [0.1, 0.15) is 26.5 Å². The van der Waals surface area contributed by atoms with Gasteiger partial charge in [-0.25, -0.2) is 4.98 Å². The van der Waals surface area contributed by atoms with E-state index in [-0.39, 0.29) is 18.3 Å². The molecule has 1 aliphatic heterocycles. The molecule has 0 unspecified atom stereocenters. The molecule has 3 aromatic rings. The van der Waals surface area contributed by atoms with Gasteiger partial charge in [-0.1, -0.05) is 6.07 Å². The standard InChI is InChI=1S/C24H27N3O2S.ClH/c1-17-4-5-20(14-18(17)2)24(28)27-12-10-26(11-13-27)15-23-25-22(16-30-23)19-6-8-21(29-3)9-7-19;/h4-9,14,16H,10-13,15H2,1-3H3;1H. The number of halogens is 1. The van der Waals surface area contributed by atoms with E-state index in [0.29, 0.717) is 0 Å². The van der Waals surface area contributed by atoms with Gasteiger partial charge in [-0.2, -0.15) is 0 Å². The van der Waals surface area contributed by atoms with Gasteiger partial charge in [-0.15, -0.1) is 23.7 Å². The fourth-order valence-electron chi connectivity index (χ4n) is 3.64. The van der Waals surface area contributed by atoms with Crippen LogP contribution in [0.25, 0.3) is 11.3 Å². The number of thiazole rings is 1. The molecule has 1 amide bonds. The third-order valence-corrected chi connectivity index (χ3v) is 6.54. The van der Waals surface area contributed by atoms with Gasteiger partial charge in [0.1, 0.15) is 10.8 Å². The molecule has 1 aromatic heterocycles. The molecular weight excluding hydrogens is 430 g/mol. The van der Waals surface area contributed by atoms with Crippen molar-refractivity contribution in [2.75, 3.05) is 33.3 Å². The molecule has 1 saturated heterocycles. The molecule has 0 saturated carbocycles. The molecule has 0 spiro atoms. The predicted molar refractivity (Wildman–Crippen MR) is 128 cm³/mol. The Hall–Kier alpha value is -2.41. The summed E-state index contributed by atoms with van der Waals surface area (Å²) in [5.41, 5.74) is 5.27. The molecule has 4 rings (SSSR count). The third kappa shape index (κ3) is 5.45. The van der Waals surface area contributed by atoms with Gasteiger partial charge in [-0.05, 0) is 61.4 Å². The first-order valence-electron chi connectivity index (χ1n) is 10.2. The predicted octanol–water partition coefficient (Wildman–Crippen LogP) is 4.82. The second-order valence-electron chi connectivity index (χ2n) is 7.72. The maximum absolute atomic E-state index is 12.8. The molecule has 0 aliphatic carbocycles. The van der Waals surface area contributed by atoms with Crippen molar-refractivity contribution in [1.29, 1.82) is 0 Å². The van der Waals surface area contributed by atoms with Crippen LogP contribution in [0.15, 0.2) is 47.8 Å². The van der Waals surface area contributed by atoms with Gasteiger partial charge in [0.15, 0.2) is 0 Å². The molecule has 1 aliphatic rings. The summed E-state index contributed by atoms with van der Waals surface area (Å²) in [5, 5.41) is 3.21. The lowest BCUT2D eigenvalue weighted by molar-refractivity contribution is 0.0628. The average Bonchev–Trinajstić information content (AvgIpc) is 3.24. The summed E-state index contributed by atoms with van der Waals surface area (Å²) < 4.78 is 5.22. The van der Waals surface area contributed by atoms with Crippen LogP contribution < -0.4 is 4.74 Å². The Bertz CT molecular complexity index is 1030. The van der Waals surface area contributed by atoms with E-state index >= 15 is 0 Å². The van der Waals surface area contributed by atoms with Gasteiger partial charge in [0.05, 0.1) is 19.3 Å². The van der Waals surface area contributed by atoms with Crippen molar-refractivity contribution in [3.05, 3.63) is 69.5 Å². The Labute approximate surface area is 194 Å². The van der Waals surface area contributed by atoms with Gasteiger partial charge in [0.2, 0.25) is 0 Å². The Morgan fingerprint density at radius 2 is 1.74 bits per heavy atom. The van der Waals surface area contributed by atoms with E-state index in [9.17, 15) is 4.79 Å². The summed E-state index contributed by atoms with van der Waals surface area (Å²) >= 11 is 1.69. The molecule has 0 bridgehead atoms. The smallest absolute Gasteiger partial charge is 0.253 e. The van der Waals surface area contributed by atoms with Gasteiger partial charge in [0.25, 0.3) is 5.91 Å². The van der Waals surface area contributed by atoms with Gasteiger partial charge >= 0.3 is 0 Å². The van der Waals surface area contributed by atoms with E-state index in [0.717, 1.165) is 65.9 Å². The molecule has 0 N–H and O–H groups in total. The lowest BCUT2D eigenvalue weighted by Crippen LogP contribution is -2.48. The highest BCUT2D eigenvalue weighted by atomic mass is 35.5. The van der Waals surface area contributed by atoms with Crippen LogP contribution in [0.4, 0.5) is 0 Å². The summed E-state index contributed by atoms with van der Waals surface area (Å²) in [5.74, 6) is 0.983. The summed E-state index contributed by atoms with van der Waals surface area (Å²) in [4.78, 5) is 22.0. The Morgan fingerprint density at radius 3 is 2.39 bits per heavy atom. The van der Waals surface area contributed by atoms with E-state index < -0.39 is 0 Å². The number of hydrogen-bond acceptors (Lipinski definition) is 5. The number of carbonyl (C=O) groups excluding carboxylic acids is 1. The average molecular weight is 458 g/mol. The number of hydrogen-bond donors (Lipinski definition) is 0. The van der Waals surface area contributed by atoms with Crippen molar-refractivity contribution >= 4 is 29.7 Å². The number of piperazine rings is 1. The van der Waals surface area contributed by atoms with E-state index in [1.165, 1.54) is 5.56 Å². The number of benzene rings is 2. The Kier molecular flexibility index (Phi) is 7.70. The van der Waals surface area contributed by atoms with E-state index in [1.807, 2.05) is 47.4 Å². The highest BCUT2D eigenvalue weighted by Gasteiger charge is 2.23. The topological polar surface area (TPSA) is 45.7 Å². The summed E-state index contributed by atoms with van der Waals surface area (Å²) in [6.45, 7) is 8.19. The zero-order chi connectivity index (χ0) is 21.1. The monoisotopic (exact) mass is 457 g/mol. The second kappa shape index (κ2) is 10.3. The van der Waals surface area contributed by atoms with E-state index in [1.54, 1.807) is 18.4 Å². The van der Waals surface area contributed by atoms with Crippen LogP contribution in [0, 0.1) is 13.8 Å². The number of ether oxygens (including phenoxy) is 1. The molecule has 2 heterocycles. The number of aryl methyl sites for hydroxylation is 2. The lowest BCUT2D eigenvalue weighted by atomic mass is 10.1. The minimum Gasteiger partial charge on any atom is -0.497 e. The number of carbonyl (C=O) groups is 1. The Balaban J connectivity index is 0.00000272. The molecule has 7 heteroatoms. The first kappa shape index (κ1) is 23.3. The van der Waals surface area contributed by atoms with Crippen molar-refractivity contribution in [3.8, 4) is 17.0 Å². The first-order chi connectivity index (χ1) is 14.5. The van der Waals surface area contributed by atoms with Crippen molar-refractivity contribution in [2.45, 2.75) is 20.4 Å². The first-order valence-corrected chi connectivity index (χ1v) is 11.1. The van der Waals surface area contributed by atoms with Crippen LogP contribution in [0.2, 0.25) is 0 Å². The normalized spacial score (nSPS) is 14.2. The van der Waals surface area contributed by atoms with Crippen LogP contribution in [-0.2, 0) is 6.54 Å². The SMILES string of the molecule is COc1ccc(-c2csc(CN3CCN(C(=O)c4ccc(C)c(C)c4)CC3)n2)cc1.Cl. The largest absolute Gasteiger partial charge is 0.497 e. The van der Waals surface area contributed by atoms with Crippen molar-refractivity contribution in [3.63, 3.8) is 0 Å². The lowest BCUT2D eigenvalue weighted by Gasteiger charge is -2.34. The number of aromatic nitrogens is 1. The molecule has 31 heavy (non-hydrogen) atoms. The fourth-order valence-corrected chi connectivity index (χ4v) is 4.48. The Morgan fingerprint density at radius 1 is 1.03 bits per heavy atom. The third-order valence-electron chi connectivity index (χ3n) is 5.71. The molecule has 2 aromatic carbocycles. The number of amides is 1. The molecule has 1 fully saturated rings. The number of rotatable bonds is 5.